The number of alkyl halides is 1. The van der Waals surface area contributed by atoms with Gasteiger partial charge in [0.15, 0.2) is 0 Å². The van der Waals surface area contributed by atoms with Crippen molar-refractivity contribution in [3.8, 4) is 0 Å². The summed E-state index contributed by atoms with van der Waals surface area (Å²) in [5.74, 6) is 0.589. The molecule has 1 unspecified atom stereocenters. The lowest BCUT2D eigenvalue weighted by Crippen LogP contribution is -2.19. The van der Waals surface area contributed by atoms with Gasteiger partial charge in [-0.15, -0.1) is 11.6 Å². The fourth-order valence-corrected chi connectivity index (χ4v) is 2.90. The average Bonchev–Trinajstić information content (AvgIpc) is 2.56. The molecule has 1 aromatic carbocycles. The van der Waals surface area contributed by atoms with Crippen LogP contribution in [0.3, 0.4) is 0 Å². The zero-order valence-corrected chi connectivity index (χ0v) is 12.3. The quantitative estimate of drug-likeness (QED) is 0.711. The van der Waals surface area contributed by atoms with E-state index in [1.165, 1.54) is 6.42 Å². The molecule has 1 aromatic heterocycles. The molecule has 1 aliphatic rings. The smallest absolute Gasteiger partial charge is 0.139 e. The van der Waals surface area contributed by atoms with E-state index in [0.29, 0.717) is 10.5 Å². The molecule has 0 spiro atoms. The third kappa shape index (κ3) is 1.86. The first-order chi connectivity index (χ1) is 8.58. The van der Waals surface area contributed by atoms with E-state index >= 15 is 0 Å². The number of aromatic nitrogens is 2. The van der Waals surface area contributed by atoms with Gasteiger partial charge in [0.1, 0.15) is 11.6 Å². The molecular weight excluding hydrogens is 319 g/mol. The van der Waals surface area contributed by atoms with Crippen LogP contribution in [0.25, 0.3) is 11.0 Å². The van der Waals surface area contributed by atoms with Crippen LogP contribution in [0.1, 0.15) is 43.4 Å². The van der Waals surface area contributed by atoms with Crippen molar-refractivity contribution in [1.29, 1.82) is 0 Å². The Bertz CT molecular complexity index is 605. The maximum absolute atomic E-state index is 13.7. The molecule has 0 bridgehead atoms. The van der Waals surface area contributed by atoms with Gasteiger partial charge >= 0.3 is 0 Å². The van der Waals surface area contributed by atoms with Gasteiger partial charge in [-0.25, -0.2) is 9.37 Å². The van der Waals surface area contributed by atoms with Crippen molar-refractivity contribution in [2.75, 3.05) is 0 Å². The molecule has 5 heteroatoms. The number of hydrogen-bond acceptors (Lipinski definition) is 1. The molecule has 18 heavy (non-hydrogen) atoms. The lowest BCUT2D eigenvalue weighted by Gasteiger charge is -2.29. The fraction of sp³-hybridized carbons (Fsp3) is 0.462. The molecule has 2 aromatic rings. The molecule has 2 nitrogen and oxygen atoms in total. The van der Waals surface area contributed by atoms with Crippen LogP contribution in [0.5, 0.6) is 0 Å². The number of imidazole rings is 1. The summed E-state index contributed by atoms with van der Waals surface area (Å²) in [5.41, 5.74) is 1.65. The van der Waals surface area contributed by atoms with E-state index in [0.717, 1.165) is 29.7 Å². The highest BCUT2D eigenvalue weighted by molar-refractivity contribution is 9.10. The summed E-state index contributed by atoms with van der Waals surface area (Å²) in [6, 6.07) is 3.70. The van der Waals surface area contributed by atoms with Gasteiger partial charge in [0.25, 0.3) is 0 Å². The summed E-state index contributed by atoms with van der Waals surface area (Å²) in [7, 11) is 0. The van der Waals surface area contributed by atoms with Gasteiger partial charge in [-0.3, -0.25) is 0 Å². The second-order valence-electron chi connectivity index (χ2n) is 4.80. The van der Waals surface area contributed by atoms with Gasteiger partial charge < -0.3 is 4.57 Å². The molecule has 0 radical (unpaired) electrons. The molecule has 0 amide bonds. The Balaban J connectivity index is 2.26. The molecule has 1 heterocycles. The largest absolute Gasteiger partial charge is 0.324 e. The van der Waals surface area contributed by atoms with E-state index < -0.39 is 0 Å². The molecular formula is C13H13BrClFN2. The number of benzene rings is 1. The number of halogens is 3. The molecule has 0 aliphatic heterocycles. The second-order valence-corrected chi connectivity index (χ2v) is 6.30. The van der Waals surface area contributed by atoms with E-state index in [1.54, 1.807) is 12.1 Å². The Hall–Kier alpha value is -0.610. The van der Waals surface area contributed by atoms with Gasteiger partial charge in [-0.1, -0.05) is 0 Å². The van der Waals surface area contributed by atoms with E-state index in [4.69, 9.17) is 11.6 Å². The summed E-state index contributed by atoms with van der Waals surface area (Å²) in [5, 5.41) is -0.167. The van der Waals surface area contributed by atoms with Gasteiger partial charge in [0.2, 0.25) is 0 Å². The first-order valence-corrected chi connectivity index (χ1v) is 7.32. The minimum absolute atomic E-state index is 0.167. The highest BCUT2D eigenvalue weighted by Crippen LogP contribution is 2.38. The molecule has 0 saturated heterocycles. The Morgan fingerprint density at radius 2 is 2.22 bits per heavy atom. The standard InChI is InChI=1S/C13H13BrClFN2/c1-7(15)13-17-11-5-9(14)10(16)6-12(11)18(13)8-3-2-4-8/h5-8H,2-4H2,1H3. The van der Waals surface area contributed by atoms with Crippen molar-refractivity contribution >= 4 is 38.6 Å². The maximum atomic E-state index is 13.7. The van der Waals surface area contributed by atoms with Gasteiger partial charge in [-0.05, 0) is 48.2 Å². The van der Waals surface area contributed by atoms with Crippen LogP contribution in [0.4, 0.5) is 4.39 Å². The Kier molecular flexibility index (Phi) is 3.10. The Morgan fingerprint density at radius 3 is 2.78 bits per heavy atom. The van der Waals surface area contributed by atoms with E-state index in [1.807, 2.05) is 6.92 Å². The Morgan fingerprint density at radius 1 is 1.50 bits per heavy atom. The van der Waals surface area contributed by atoms with Crippen LogP contribution in [0, 0.1) is 5.82 Å². The highest BCUT2D eigenvalue weighted by atomic mass is 79.9. The first kappa shape index (κ1) is 12.4. The minimum atomic E-state index is -0.253. The first-order valence-electron chi connectivity index (χ1n) is 6.09. The molecule has 3 rings (SSSR count). The zero-order valence-electron chi connectivity index (χ0n) is 9.96. The monoisotopic (exact) mass is 330 g/mol. The molecule has 1 aliphatic carbocycles. The van der Waals surface area contributed by atoms with Crippen molar-refractivity contribution in [3.63, 3.8) is 0 Å². The summed E-state index contributed by atoms with van der Waals surface area (Å²) in [6.45, 7) is 1.91. The number of nitrogens with zero attached hydrogens (tertiary/aromatic N) is 2. The second kappa shape index (κ2) is 4.49. The van der Waals surface area contributed by atoms with Crippen molar-refractivity contribution in [1.82, 2.24) is 9.55 Å². The summed E-state index contributed by atoms with van der Waals surface area (Å²) in [6.07, 6.45) is 3.47. The van der Waals surface area contributed by atoms with Crippen molar-refractivity contribution in [2.24, 2.45) is 0 Å². The van der Waals surface area contributed by atoms with E-state index in [9.17, 15) is 4.39 Å². The average molecular weight is 332 g/mol. The summed E-state index contributed by atoms with van der Waals surface area (Å²) in [4.78, 5) is 4.55. The van der Waals surface area contributed by atoms with E-state index in [2.05, 4.69) is 25.5 Å². The van der Waals surface area contributed by atoms with Crippen LogP contribution in [-0.2, 0) is 0 Å². The van der Waals surface area contributed by atoms with Crippen LogP contribution < -0.4 is 0 Å². The fourth-order valence-electron chi connectivity index (χ4n) is 2.42. The molecule has 1 atom stereocenters. The predicted octanol–water partition coefficient (Wildman–Crippen LogP) is 4.96. The van der Waals surface area contributed by atoms with Gasteiger partial charge in [-0.2, -0.15) is 0 Å². The normalized spacial score (nSPS) is 18.0. The van der Waals surface area contributed by atoms with Crippen molar-refractivity contribution in [2.45, 2.75) is 37.6 Å². The molecule has 1 fully saturated rings. The SMILES string of the molecule is CC(Cl)c1nc2cc(Br)c(F)cc2n1C1CCC1. The number of rotatable bonds is 2. The lowest BCUT2D eigenvalue weighted by atomic mass is 9.92. The lowest BCUT2D eigenvalue weighted by molar-refractivity contribution is 0.313. The third-order valence-corrected chi connectivity index (χ3v) is 4.36. The summed E-state index contributed by atoms with van der Waals surface area (Å²) < 4.78 is 16.3. The maximum Gasteiger partial charge on any atom is 0.139 e. The number of fused-ring (bicyclic) bond motifs is 1. The van der Waals surface area contributed by atoms with E-state index in [-0.39, 0.29) is 11.2 Å². The molecule has 96 valence electrons. The van der Waals surface area contributed by atoms with Gasteiger partial charge in [0.05, 0.1) is 20.9 Å². The van der Waals surface area contributed by atoms with Crippen LogP contribution >= 0.6 is 27.5 Å². The highest BCUT2D eigenvalue weighted by Gasteiger charge is 2.26. The third-order valence-electron chi connectivity index (χ3n) is 3.55. The zero-order chi connectivity index (χ0) is 12.9. The van der Waals surface area contributed by atoms with Crippen molar-refractivity contribution < 1.29 is 4.39 Å². The molecule has 0 N–H and O–H groups in total. The van der Waals surface area contributed by atoms with Crippen LogP contribution in [-0.4, -0.2) is 9.55 Å². The Labute approximate surface area is 118 Å². The minimum Gasteiger partial charge on any atom is -0.324 e. The number of hydrogen-bond donors (Lipinski definition) is 0. The van der Waals surface area contributed by atoms with Gasteiger partial charge in [0, 0.05) is 12.1 Å². The topological polar surface area (TPSA) is 17.8 Å². The summed E-state index contributed by atoms with van der Waals surface area (Å²) >= 11 is 9.39. The molecule has 1 saturated carbocycles. The van der Waals surface area contributed by atoms with Crippen molar-refractivity contribution in [3.05, 3.63) is 28.2 Å². The van der Waals surface area contributed by atoms with Crippen LogP contribution in [0.15, 0.2) is 16.6 Å². The predicted molar refractivity (Wildman–Crippen MR) is 74.5 cm³/mol. The van der Waals surface area contributed by atoms with Crippen LogP contribution in [0.2, 0.25) is 0 Å².